The molecule has 4 heteroatoms. The summed E-state index contributed by atoms with van der Waals surface area (Å²) < 4.78 is 10.2. The van der Waals surface area contributed by atoms with Gasteiger partial charge in [0.05, 0.1) is 7.11 Å². The fraction of sp³-hybridized carbons (Fsp3) is 0.182. The van der Waals surface area contributed by atoms with Gasteiger partial charge in [-0.2, -0.15) is 0 Å². The predicted molar refractivity (Wildman–Crippen MR) is 55.6 cm³/mol. The van der Waals surface area contributed by atoms with Crippen LogP contribution in [0.15, 0.2) is 30.9 Å². The maximum absolute atomic E-state index is 10.8. The quantitative estimate of drug-likeness (QED) is 0.751. The molecule has 0 heterocycles. The van der Waals surface area contributed by atoms with Crippen molar-refractivity contribution in [3.8, 4) is 11.5 Å². The monoisotopic (exact) mass is 208 g/mol. The molecule has 1 aromatic rings. The molecule has 0 aliphatic carbocycles. The van der Waals surface area contributed by atoms with Crippen LogP contribution in [0.1, 0.15) is 10.4 Å². The van der Waals surface area contributed by atoms with Gasteiger partial charge in [0.15, 0.2) is 0 Å². The fourth-order valence-corrected chi connectivity index (χ4v) is 1.07. The molecule has 0 unspecified atom stereocenters. The first-order chi connectivity index (χ1) is 7.19. The Morgan fingerprint density at radius 3 is 2.87 bits per heavy atom. The van der Waals surface area contributed by atoms with E-state index in [2.05, 4.69) is 6.58 Å². The molecule has 15 heavy (non-hydrogen) atoms. The van der Waals surface area contributed by atoms with Crippen LogP contribution >= 0.6 is 0 Å². The average Bonchev–Trinajstić information content (AvgIpc) is 2.25. The summed E-state index contributed by atoms with van der Waals surface area (Å²) in [7, 11) is 1.51. The summed E-state index contributed by atoms with van der Waals surface area (Å²) in [5, 5.41) is 8.88. The molecule has 1 rings (SSSR count). The van der Waals surface area contributed by atoms with Gasteiger partial charge in [0.2, 0.25) is 0 Å². The van der Waals surface area contributed by atoms with E-state index in [-0.39, 0.29) is 17.9 Å². The van der Waals surface area contributed by atoms with Crippen molar-refractivity contribution in [2.24, 2.45) is 0 Å². The Kier molecular flexibility index (Phi) is 3.74. The lowest BCUT2D eigenvalue weighted by molar-refractivity contribution is 0.0692. The maximum atomic E-state index is 10.8. The molecular formula is C11H12O4. The van der Waals surface area contributed by atoms with Crippen LogP contribution < -0.4 is 9.47 Å². The van der Waals surface area contributed by atoms with Crippen molar-refractivity contribution >= 4 is 5.97 Å². The number of ether oxygens (including phenoxy) is 2. The van der Waals surface area contributed by atoms with Crippen molar-refractivity contribution < 1.29 is 19.4 Å². The first kappa shape index (κ1) is 11.1. The third kappa shape index (κ3) is 2.74. The lowest BCUT2D eigenvalue weighted by atomic mass is 10.2. The number of hydrogen-bond acceptors (Lipinski definition) is 3. The van der Waals surface area contributed by atoms with Crippen molar-refractivity contribution in [2.45, 2.75) is 0 Å². The highest BCUT2D eigenvalue weighted by atomic mass is 16.5. The fourth-order valence-electron chi connectivity index (χ4n) is 1.07. The zero-order valence-corrected chi connectivity index (χ0v) is 8.40. The first-order valence-corrected chi connectivity index (χ1v) is 4.34. The topological polar surface area (TPSA) is 55.8 Å². The van der Waals surface area contributed by atoms with Crippen molar-refractivity contribution in [3.05, 3.63) is 36.4 Å². The van der Waals surface area contributed by atoms with E-state index in [1.54, 1.807) is 12.1 Å². The largest absolute Gasteiger partial charge is 0.497 e. The van der Waals surface area contributed by atoms with Crippen LogP contribution in [0.3, 0.4) is 0 Å². The van der Waals surface area contributed by atoms with Gasteiger partial charge < -0.3 is 14.6 Å². The number of carboxylic acid groups (broad SMARTS) is 1. The SMILES string of the molecule is C=CCOc1cc(OC)ccc1C(=O)O. The Morgan fingerprint density at radius 1 is 1.60 bits per heavy atom. The van der Waals surface area contributed by atoms with Crippen LogP contribution in [-0.2, 0) is 0 Å². The molecule has 0 spiro atoms. The van der Waals surface area contributed by atoms with Gasteiger partial charge in [-0.1, -0.05) is 12.7 Å². The molecule has 0 aliphatic heterocycles. The minimum Gasteiger partial charge on any atom is -0.497 e. The van der Waals surface area contributed by atoms with Crippen LogP contribution in [0.5, 0.6) is 11.5 Å². The Bertz CT molecular complexity index is 371. The van der Waals surface area contributed by atoms with E-state index in [4.69, 9.17) is 14.6 Å². The van der Waals surface area contributed by atoms with Crippen molar-refractivity contribution in [1.82, 2.24) is 0 Å². The second-order valence-corrected chi connectivity index (χ2v) is 2.77. The summed E-state index contributed by atoms with van der Waals surface area (Å²) >= 11 is 0. The standard InChI is InChI=1S/C11H12O4/c1-3-6-15-10-7-8(14-2)4-5-9(10)11(12)13/h3-5,7H,1,6H2,2H3,(H,12,13). The Hall–Kier alpha value is -1.97. The molecule has 0 saturated heterocycles. The molecule has 80 valence electrons. The molecule has 0 aliphatic rings. The van der Waals surface area contributed by atoms with Crippen LogP contribution in [-0.4, -0.2) is 24.8 Å². The number of aromatic carboxylic acids is 1. The Morgan fingerprint density at radius 2 is 2.33 bits per heavy atom. The van der Waals surface area contributed by atoms with Gasteiger partial charge in [-0.25, -0.2) is 4.79 Å². The molecule has 0 radical (unpaired) electrons. The summed E-state index contributed by atoms with van der Waals surface area (Å²) in [6.45, 7) is 3.75. The third-order valence-electron chi connectivity index (χ3n) is 1.78. The van der Waals surface area contributed by atoms with E-state index < -0.39 is 5.97 Å². The Labute approximate surface area is 87.7 Å². The zero-order valence-electron chi connectivity index (χ0n) is 8.40. The van der Waals surface area contributed by atoms with Gasteiger partial charge in [-0.3, -0.25) is 0 Å². The number of carbonyl (C=O) groups is 1. The third-order valence-corrected chi connectivity index (χ3v) is 1.78. The summed E-state index contributed by atoms with van der Waals surface area (Å²) in [6, 6.07) is 4.55. The molecule has 0 atom stereocenters. The number of carboxylic acids is 1. The lowest BCUT2D eigenvalue weighted by Crippen LogP contribution is -2.03. The molecule has 1 aromatic carbocycles. The van der Waals surface area contributed by atoms with E-state index >= 15 is 0 Å². The summed E-state index contributed by atoms with van der Waals surface area (Å²) in [4.78, 5) is 10.8. The number of benzene rings is 1. The summed E-state index contributed by atoms with van der Waals surface area (Å²) in [6.07, 6.45) is 1.55. The minimum atomic E-state index is -1.03. The highest BCUT2D eigenvalue weighted by molar-refractivity contribution is 5.91. The van der Waals surface area contributed by atoms with E-state index in [9.17, 15) is 4.79 Å². The van der Waals surface area contributed by atoms with Gasteiger partial charge >= 0.3 is 5.97 Å². The molecule has 0 amide bonds. The van der Waals surface area contributed by atoms with E-state index in [1.807, 2.05) is 0 Å². The second kappa shape index (κ2) is 5.05. The maximum Gasteiger partial charge on any atom is 0.339 e. The van der Waals surface area contributed by atoms with Crippen LogP contribution in [0, 0.1) is 0 Å². The van der Waals surface area contributed by atoms with Gasteiger partial charge in [-0.15, -0.1) is 0 Å². The number of rotatable bonds is 5. The van der Waals surface area contributed by atoms with Crippen LogP contribution in [0.4, 0.5) is 0 Å². The molecule has 0 bridgehead atoms. The summed E-state index contributed by atoms with van der Waals surface area (Å²) in [5.74, 6) is -0.197. The Balaban J connectivity index is 3.04. The van der Waals surface area contributed by atoms with Crippen molar-refractivity contribution in [2.75, 3.05) is 13.7 Å². The van der Waals surface area contributed by atoms with E-state index in [0.29, 0.717) is 5.75 Å². The smallest absolute Gasteiger partial charge is 0.339 e. The van der Waals surface area contributed by atoms with Gasteiger partial charge in [0.25, 0.3) is 0 Å². The molecule has 4 nitrogen and oxygen atoms in total. The second-order valence-electron chi connectivity index (χ2n) is 2.77. The highest BCUT2D eigenvalue weighted by Crippen LogP contribution is 2.24. The number of methoxy groups -OCH3 is 1. The van der Waals surface area contributed by atoms with Gasteiger partial charge in [0, 0.05) is 6.07 Å². The van der Waals surface area contributed by atoms with Crippen LogP contribution in [0.25, 0.3) is 0 Å². The van der Waals surface area contributed by atoms with E-state index in [1.165, 1.54) is 19.2 Å². The molecule has 1 N–H and O–H groups in total. The molecular weight excluding hydrogens is 196 g/mol. The highest BCUT2D eigenvalue weighted by Gasteiger charge is 2.11. The molecule has 0 aromatic heterocycles. The van der Waals surface area contributed by atoms with Crippen molar-refractivity contribution in [1.29, 1.82) is 0 Å². The average molecular weight is 208 g/mol. The summed E-state index contributed by atoms with van der Waals surface area (Å²) in [5.41, 5.74) is 0.109. The molecule has 0 saturated carbocycles. The number of hydrogen-bond donors (Lipinski definition) is 1. The lowest BCUT2D eigenvalue weighted by Gasteiger charge is -2.08. The van der Waals surface area contributed by atoms with Gasteiger partial charge in [0.1, 0.15) is 23.7 Å². The predicted octanol–water partition coefficient (Wildman–Crippen LogP) is 1.96. The van der Waals surface area contributed by atoms with Gasteiger partial charge in [-0.05, 0) is 12.1 Å². The van der Waals surface area contributed by atoms with Crippen molar-refractivity contribution in [3.63, 3.8) is 0 Å². The normalized spacial score (nSPS) is 9.40. The zero-order chi connectivity index (χ0) is 11.3. The molecule has 0 fully saturated rings. The first-order valence-electron chi connectivity index (χ1n) is 4.34. The van der Waals surface area contributed by atoms with E-state index in [0.717, 1.165) is 0 Å². The van der Waals surface area contributed by atoms with Crippen LogP contribution in [0.2, 0.25) is 0 Å². The minimum absolute atomic E-state index is 0.109.